The fraction of sp³-hybridized carbons (Fsp3) is 0.455. The zero-order chi connectivity index (χ0) is 13.3. The Morgan fingerprint density at radius 1 is 1.67 bits per heavy atom. The van der Waals surface area contributed by atoms with Gasteiger partial charge < -0.3 is 14.9 Å². The zero-order valence-electron chi connectivity index (χ0n) is 9.37. The van der Waals surface area contributed by atoms with Crippen LogP contribution in [0.4, 0.5) is 0 Å². The molecule has 0 amide bonds. The van der Waals surface area contributed by atoms with Gasteiger partial charge in [-0.15, -0.1) is 6.42 Å². The molecule has 1 fully saturated rings. The Morgan fingerprint density at radius 2 is 2.39 bits per heavy atom. The van der Waals surface area contributed by atoms with Crippen molar-refractivity contribution in [3.8, 4) is 12.3 Å². The minimum atomic E-state index is -1.51. The van der Waals surface area contributed by atoms with E-state index in [0.29, 0.717) is 0 Å². The summed E-state index contributed by atoms with van der Waals surface area (Å²) in [6.45, 7) is -0.556. The molecule has 0 spiro atoms. The van der Waals surface area contributed by atoms with E-state index in [4.69, 9.17) is 11.2 Å². The number of hydrogen-bond acceptors (Lipinski definition) is 5. The first-order valence-electron chi connectivity index (χ1n) is 5.28. The van der Waals surface area contributed by atoms with Crippen molar-refractivity contribution in [2.24, 2.45) is 0 Å². The van der Waals surface area contributed by atoms with E-state index >= 15 is 0 Å². The summed E-state index contributed by atoms with van der Waals surface area (Å²) in [6.07, 6.45) is 4.62. The zero-order valence-corrected chi connectivity index (χ0v) is 9.37. The second-order valence-electron chi connectivity index (χ2n) is 4.03. The average Bonchev–Trinajstić information content (AvgIpc) is 2.67. The van der Waals surface area contributed by atoms with Gasteiger partial charge in [-0.3, -0.25) is 14.3 Å². The first kappa shape index (κ1) is 12.6. The number of aromatic amines is 1. The Bertz CT molecular complexity index is 598. The van der Waals surface area contributed by atoms with Gasteiger partial charge in [-0.05, 0) is 0 Å². The molecule has 0 radical (unpaired) electrons. The summed E-state index contributed by atoms with van der Waals surface area (Å²) >= 11 is 0. The maximum Gasteiger partial charge on any atom is 0.330 e. The Labute approximate surface area is 102 Å². The van der Waals surface area contributed by atoms with Gasteiger partial charge in [0, 0.05) is 18.7 Å². The van der Waals surface area contributed by atoms with Gasteiger partial charge in [-0.2, -0.15) is 0 Å². The van der Waals surface area contributed by atoms with Gasteiger partial charge in [0.1, 0.15) is 12.3 Å². The number of terminal acetylenes is 1. The van der Waals surface area contributed by atoms with Crippen LogP contribution in [0.5, 0.6) is 0 Å². The number of ether oxygens (including phenoxy) is 1. The van der Waals surface area contributed by atoms with Gasteiger partial charge in [0.2, 0.25) is 0 Å². The topological polar surface area (TPSA) is 105 Å². The van der Waals surface area contributed by atoms with E-state index in [0.717, 1.165) is 10.6 Å². The van der Waals surface area contributed by atoms with Gasteiger partial charge in [0.25, 0.3) is 5.56 Å². The van der Waals surface area contributed by atoms with Crippen molar-refractivity contribution in [3.63, 3.8) is 0 Å². The maximum absolute atomic E-state index is 11.6. The molecular weight excluding hydrogens is 240 g/mol. The SMILES string of the molecule is C#C[C@]1(CO)O[C@@H](n2ccc(=O)[nH]c2=O)C[C@@H]1O. The van der Waals surface area contributed by atoms with Crippen molar-refractivity contribution in [1.29, 1.82) is 0 Å². The molecule has 0 saturated carbocycles. The monoisotopic (exact) mass is 252 g/mol. The summed E-state index contributed by atoms with van der Waals surface area (Å²) in [4.78, 5) is 24.6. The van der Waals surface area contributed by atoms with Crippen LogP contribution in [-0.2, 0) is 4.74 Å². The molecule has 1 aromatic rings. The smallest absolute Gasteiger partial charge is 0.330 e. The van der Waals surface area contributed by atoms with E-state index in [1.807, 2.05) is 0 Å². The molecule has 1 aromatic heterocycles. The Hall–Kier alpha value is -1.88. The molecule has 3 atom stereocenters. The number of H-pyrrole nitrogens is 1. The molecule has 0 unspecified atom stereocenters. The highest BCUT2D eigenvalue weighted by Crippen LogP contribution is 2.35. The number of aromatic nitrogens is 2. The van der Waals surface area contributed by atoms with Crippen molar-refractivity contribution >= 4 is 0 Å². The lowest BCUT2D eigenvalue weighted by Gasteiger charge is -2.23. The fourth-order valence-corrected chi connectivity index (χ4v) is 1.89. The fourth-order valence-electron chi connectivity index (χ4n) is 1.89. The maximum atomic E-state index is 11.6. The standard InChI is InChI=1S/C11H12N2O5/c1-2-11(6-14)7(15)5-9(18-11)13-4-3-8(16)12-10(13)17/h1,3-4,7,9,14-15H,5-6H2,(H,12,16,17)/t7-,9+,11+/m0/s1. The normalized spacial score (nSPS) is 31.2. The Morgan fingerprint density at radius 3 is 2.89 bits per heavy atom. The summed E-state index contributed by atoms with van der Waals surface area (Å²) in [6, 6.07) is 1.16. The van der Waals surface area contributed by atoms with Crippen LogP contribution in [0.1, 0.15) is 12.6 Å². The van der Waals surface area contributed by atoms with Crippen LogP contribution < -0.4 is 11.2 Å². The second-order valence-corrected chi connectivity index (χ2v) is 4.03. The molecule has 0 aliphatic carbocycles. The molecule has 1 aliphatic rings. The number of aliphatic hydroxyl groups is 2. The predicted molar refractivity (Wildman–Crippen MR) is 60.7 cm³/mol. The minimum Gasteiger partial charge on any atom is -0.392 e. The van der Waals surface area contributed by atoms with Gasteiger partial charge >= 0.3 is 5.69 Å². The second kappa shape index (κ2) is 4.42. The molecule has 1 aliphatic heterocycles. The third kappa shape index (κ3) is 1.86. The summed E-state index contributed by atoms with van der Waals surface area (Å²) in [7, 11) is 0. The lowest BCUT2D eigenvalue weighted by atomic mass is 9.99. The molecule has 18 heavy (non-hydrogen) atoms. The van der Waals surface area contributed by atoms with Crippen LogP contribution in [0.2, 0.25) is 0 Å². The highest BCUT2D eigenvalue weighted by atomic mass is 16.6. The highest BCUT2D eigenvalue weighted by Gasteiger charge is 2.47. The third-order valence-corrected chi connectivity index (χ3v) is 2.95. The van der Waals surface area contributed by atoms with Crippen molar-refractivity contribution in [1.82, 2.24) is 9.55 Å². The van der Waals surface area contributed by atoms with Gasteiger partial charge in [0.15, 0.2) is 5.60 Å². The first-order valence-corrected chi connectivity index (χ1v) is 5.28. The van der Waals surface area contributed by atoms with E-state index in [1.54, 1.807) is 0 Å². The quantitative estimate of drug-likeness (QED) is 0.538. The molecule has 0 aromatic carbocycles. The van der Waals surface area contributed by atoms with Crippen LogP contribution in [-0.4, -0.2) is 38.1 Å². The lowest BCUT2D eigenvalue weighted by Crippen LogP contribution is -2.41. The Kier molecular flexibility index (Phi) is 3.09. The summed E-state index contributed by atoms with van der Waals surface area (Å²) in [5, 5.41) is 19.0. The molecule has 0 bridgehead atoms. The van der Waals surface area contributed by atoms with Crippen LogP contribution >= 0.6 is 0 Å². The van der Waals surface area contributed by atoms with Gasteiger partial charge in [0.05, 0.1) is 6.61 Å². The van der Waals surface area contributed by atoms with Crippen LogP contribution in [0, 0.1) is 12.3 Å². The van der Waals surface area contributed by atoms with Gasteiger partial charge in [-0.1, -0.05) is 5.92 Å². The van der Waals surface area contributed by atoms with Crippen molar-refractivity contribution in [3.05, 3.63) is 33.1 Å². The largest absolute Gasteiger partial charge is 0.392 e. The van der Waals surface area contributed by atoms with Crippen LogP contribution in [0.25, 0.3) is 0 Å². The summed E-state index contributed by atoms with van der Waals surface area (Å²) in [5.74, 6) is 2.20. The Balaban J connectivity index is 2.36. The predicted octanol–water partition coefficient (Wildman–Crippen LogP) is -1.82. The van der Waals surface area contributed by atoms with Crippen molar-refractivity contribution in [2.45, 2.75) is 24.4 Å². The summed E-state index contributed by atoms with van der Waals surface area (Å²) in [5.41, 5.74) is -2.70. The molecular formula is C11H12N2O5. The minimum absolute atomic E-state index is 0.0523. The van der Waals surface area contributed by atoms with Crippen molar-refractivity contribution in [2.75, 3.05) is 6.61 Å². The molecule has 3 N–H and O–H groups in total. The van der Waals surface area contributed by atoms with E-state index in [1.165, 1.54) is 6.20 Å². The first-order chi connectivity index (χ1) is 8.52. The third-order valence-electron chi connectivity index (χ3n) is 2.95. The number of rotatable bonds is 2. The van der Waals surface area contributed by atoms with E-state index in [9.17, 15) is 19.8 Å². The average molecular weight is 252 g/mol. The molecule has 96 valence electrons. The molecule has 2 heterocycles. The van der Waals surface area contributed by atoms with Gasteiger partial charge in [-0.25, -0.2) is 4.79 Å². The summed E-state index contributed by atoms with van der Waals surface area (Å²) < 4.78 is 6.48. The van der Waals surface area contributed by atoms with E-state index in [2.05, 4.69) is 10.9 Å². The van der Waals surface area contributed by atoms with Crippen LogP contribution in [0.15, 0.2) is 21.9 Å². The lowest BCUT2D eigenvalue weighted by molar-refractivity contribution is -0.0912. The highest BCUT2D eigenvalue weighted by molar-refractivity contribution is 5.15. The van der Waals surface area contributed by atoms with E-state index in [-0.39, 0.29) is 6.42 Å². The molecule has 7 heteroatoms. The molecule has 1 saturated heterocycles. The molecule has 7 nitrogen and oxygen atoms in total. The van der Waals surface area contributed by atoms with Crippen LogP contribution in [0.3, 0.4) is 0 Å². The number of nitrogens with zero attached hydrogens (tertiary/aromatic N) is 1. The number of hydrogen-bond donors (Lipinski definition) is 3. The number of nitrogens with one attached hydrogen (secondary N) is 1. The van der Waals surface area contributed by atoms with Crippen molar-refractivity contribution < 1.29 is 14.9 Å². The number of aliphatic hydroxyl groups excluding tert-OH is 2. The van der Waals surface area contributed by atoms with E-state index < -0.39 is 35.8 Å². The molecule has 2 rings (SSSR count).